The van der Waals surface area contributed by atoms with Gasteiger partial charge in [0, 0.05) is 32.5 Å². The Morgan fingerprint density at radius 1 is 1.28 bits per heavy atom. The number of piperidine rings is 1. The predicted molar refractivity (Wildman–Crippen MR) is 67.2 cm³/mol. The van der Waals surface area contributed by atoms with Crippen LogP contribution < -0.4 is 5.32 Å². The average Bonchev–Trinajstić information content (AvgIpc) is 2.90. The van der Waals surface area contributed by atoms with Crippen molar-refractivity contribution in [3.63, 3.8) is 0 Å². The fourth-order valence-corrected chi connectivity index (χ4v) is 3.11. The molecule has 102 valence electrons. The summed E-state index contributed by atoms with van der Waals surface area (Å²) in [6, 6.07) is 0. The van der Waals surface area contributed by atoms with Gasteiger partial charge in [-0.25, -0.2) is 0 Å². The van der Waals surface area contributed by atoms with Gasteiger partial charge in [-0.1, -0.05) is 0 Å². The third kappa shape index (κ3) is 3.70. The molecule has 2 bridgehead atoms. The van der Waals surface area contributed by atoms with Crippen molar-refractivity contribution in [1.82, 2.24) is 10.2 Å². The highest BCUT2D eigenvalue weighted by Crippen LogP contribution is 2.34. The van der Waals surface area contributed by atoms with Crippen LogP contribution in [0.4, 0.5) is 0 Å². The summed E-state index contributed by atoms with van der Waals surface area (Å²) in [6.45, 7) is 4.43. The first kappa shape index (κ1) is 13.3. The smallest absolute Gasteiger partial charge is 0.303 e. The van der Waals surface area contributed by atoms with Crippen LogP contribution in [-0.2, 0) is 9.59 Å². The number of carboxylic acids is 1. The fourth-order valence-electron chi connectivity index (χ4n) is 3.11. The second-order valence-corrected chi connectivity index (χ2v) is 5.45. The highest BCUT2D eigenvalue weighted by atomic mass is 16.4. The first-order valence-corrected chi connectivity index (χ1v) is 6.86. The van der Waals surface area contributed by atoms with Crippen molar-refractivity contribution >= 4 is 11.9 Å². The number of carboxylic acid groups (broad SMARTS) is 1. The number of nitrogens with one attached hydrogen (secondary N) is 1. The normalized spacial score (nSPS) is 29.4. The van der Waals surface area contributed by atoms with E-state index in [0.29, 0.717) is 12.8 Å². The predicted octanol–water partition coefficient (Wildman–Crippen LogP) is 0.699. The molecule has 2 rings (SSSR count). The Labute approximate surface area is 108 Å². The monoisotopic (exact) mass is 254 g/mol. The molecule has 2 fully saturated rings. The zero-order chi connectivity index (χ0) is 13.0. The first-order chi connectivity index (χ1) is 8.65. The van der Waals surface area contributed by atoms with E-state index < -0.39 is 5.97 Å². The van der Waals surface area contributed by atoms with Crippen molar-refractivity contribution in [1.29, 1.82) is 0 Å². The lowest BCUT2D eigenvalue weighted by Gasteiger charge is -2.21. The number of carbonyl (C=O) groups excluding carboxylic acids is 1. The third-order valence-electron chi connectivity index (χ3n) is 4.10. The van der Waals surface area contributed by atoms with Gasteiger partial charge >= 0.3 is 5.97 Å². The standard InChI is InChI=1S/C13H22N2O3/c16-12(2-1-3-13(17)18)14-6-4-10-8-15-7-5-11(10)9-15/h10-11H,1-9H2,(H,14,16)(H,17,18). The summed E-state index contributed by atoms with van der Waals surface area (Å²) in [6.07, 6.45) is 3.21. The van der Waals surface area contributed by atoms with Gasteiger partial charge in [0.2, 0.25) is 5.91 Å². The van der Waals surface area contributed by atoms with Gasteiger partial charge in [-0.3, -0.25) is 9.59 Å². The molecule has 0 aromatic rings. The zero-order valence-electron chi connectivity index (χ0n) is 10.7. The van der Waals surface area contributed by atoms with Crippen molar-refractivity contribution in [2.75, 3.05) is 26.2 Å². The Kier molecular flexibility index (Phi) is 4.58. The molecule has 2 heterocycles. The molecule has 2 aliphatic heterocycles. The molecule has 0 saturated carbocycles. The van der Waals surface area contributed by atoms with E-state index in [4.69, 9.17) is 5.11 Å². The molecule has 3 atom stereocenters. The van der Waals surface area contributed by atoms with Gasteiger partial charge in [0.05, 0.1) is 0 Å². The van der Waals surface area contributed by atoms with Gasteiger partial charge < -0.3 is 15.3 Å². The maximum Gasteiger partial charge on any atom is 0.303 e. The molecule has 0 spiro atoms. The topological polar surface area (TPSA) is 69.6 Å². The lowest BCUT2D eigenvalue weighted by atomic mass is 9.90. The van der Waals surface area contributed by atoms with E-state index in [1.165, 1.54) is 26.1 Å². The molecular weight excluding hydrogens is 232 g/mol. The number of aliphatic carboxylic acids is 1. The largest absolute Gasteiger partial charge is 0.481 e. The highest BCUT2D eigenvalue weighted by molar-refractivity contribution is 5.76. The van der Waals surface area contributed by atoms with Crippen LogP contribution in [0.25, 0.3) is 0 Å². The van der Waals surface area contributed by atoms with Crippen molar-refractivity contribution in [3.8, 4) is 0 Å². The van der Waals surface area contributed by atoms with E-state index >= 15 is 0 Å². The number of rotatable bonds is 7. The van der Waals surface area contributed by atoms with E-state index in [1.807, 2.05) is 0 Å². The molecule has 2 aliphatic rings. The highest BCUT2D eigenvalue weighted by Gasteiger charge is 2.37. The van der Waals surface area contributed by atoms with Gasteiger partial charge in [0.15, 0.2) is 0 Å². The molecule has 2 saturated heterocycles. The van der Waals surface area contributed by atoms with Crippen LogP contribution in [0.5, 0.6) is 0 Å². The summed E-state index contributed by atoms with van der Waals surface area (Å²) < 4.78 is 0. The van der Waals surface area contributed by atoms with Crippen LogP contribution in [0.2, 0.25) is 0 Å². The van der Waals surface area contributed by atoms with Crippen LogP contribution in [0.3, 0.4) is 0 Å². The fraction of sp³-hybridized carbons (Fsp3) is 0.846. The van der Waals surface area contributed by atoms with Crippen LogP contribution in [0.15, 0.2) is 0 Å². The first-order valence-electron chi connectivity index (χ1n) is 6.86. The molecule has 3 unspecified atom stereocenters. The van der Waals surface area contributed by atoms with Crippen LogP contribution >= 0.6 is 0 Å². The van der Waals surface area contributed by atoms with Crippen molar-refractivity contribution < 1.29 is 14.7 Å². The van der Waals surface area contributed by atoms with E-state index in [9.17, 15) is 9.59 Å². The molecule has 1 amide bonds. The van der Waals surface area contributed by atoms with Gasteiger partial charge in [-0.15, -0.1) is 0 Å². The molecule has 0 aromatic carbocycles. The van der Waals surface area contributed by atoms with Crippen molar-refractivity contribution in [2.24, 2.45) is 11.8 Å². The lowest BCUT2D eigenvalue weighted by molar-refractivity contribution is -0.137. The van der Waals surface area contributed by atoms with Gasteiger partial charge in [-0.05, 0) is 37.6 Å². The molecular formula is C13H22N2O3. The second-order valence-electron chi connectivity index (χ2n) is 5.45. The number of fused-ring (bicyclic) bond motifs is 2. The van der Waals surface area contributed by atoms with Crippen LogP contribution in [-0.4, -0.2) is 48.1 Å². The maximum absolute atomic E-state index is 11.4. The van der Waals surface area contributed by atoms with E-state index in [-0.39, 0.29) is 12.3 Å². The summed E-state index contributed by atoms with van der Waals surface area (Å²) in [5, 5.41) is 11.4. The Hall–Kier alpha value is -1.10. The van der Waals surface area contributed by atoms with Gasteiger partial charge in [0.1, 0.15) is 0 Å². The molecule has 5 nitrogen and oxygen atoms in total. The molecule has 0 aromatic heterocycles. The summed E-state index contributed by atoms with van der Waals surface area (Å²) in [7, 11) is 0. The van der Waals surface area contributed by atoms with Crippen LogP contribution in [0.1, 0.15) is 32.1 Å². The number of carbonyl (C=O) groups is 2. The number of amides is 1. The second kappa shape index (κ2) is 6.18. The summed E-state index contributed by atoms with van der Waals surface area (Å²) >= 11 is 0. The minimum atomic E-state index is -0.834. The third-order valence-corrected chi connectivity index (χ3v) is 4.10. The van der Waals surface area contributed by atoms with E-state index in [2.05, 4.69) is 10.2 Å². The molecule has 0 radical (unpaired) electrons. The summed E-state index contributed by atoms with van der Waals surface area (Å²) in [4.78, 5) is 24.3. The molecule has 0 aliphatic carbocycles. The molecule has 5 heteroatoms. The zero-order valence-corrected chi connectivity index (χ0v) is 10.7. The Morgan fingerprint density at radius 3 is 2.72 bits per heavy atom. The Balaban J connectivity index is 1.52. The van der Waals surface area contributed by atoms with Crippen molar-refractivity contribution in [3.05, 3.63) is 0 Å². The minimum Gasteiger partial charge on any atom is -0.481 e. The molecule has 2 N–H and O–H groups in total. The Bertz CT molecular complexity index is 319. The lowest BCUT2D eigenvalue weighted by Crippen LogP contribution is -2.29. The number of nitrogens with zero attached hydrogens (tertiary/aromatic N) is 1. The maximum atomic E-state index is 11.4. The van der Waals surface area contributed by atoms with Gasteiger partial charge in [-0.2, -0.15) is 0 Å². The number of hydrogen-bond donors (Lipinski definition) is 2. The van der Waals surface area contributed by atoms with E-state index in [1.54, 1.807) is 0 Å². The summed E-state index contributed by atoms with van der Waals surface area (Å²) in [5.74, 6) is 0.741. The quantitative estimate of drug-likeness (QED) is 0.701. The van der Waals surface area contributed by atoms with E-state index in [0.717, 1.165) is 24.8 Å². The average molecular weight is 254 g/mol. The summed E-state index contributed by atoms with van der Waals surface area (Å²) in [5.41, 5.74) is 0. The molecule has 18 heavy (non-hydrogen) atoms. The Morgan fingerprint density at radius 2 is 2.11 bits per heavy atom. The minimum absolute atomic E-state index is 0.0142. The SMILES string of the molecule is O=C(O)CCCC(=O)NCCC1CN2CCC1C2. The van der Waals surface area contributed by atoms with Crippen molar-refractivity contribution in [2.45, 2.75) is 32.1 Å². The van der Waals surface area contributed by atoms with Gasteiger partial charge in [0.25, 0.3) is 0 Å². The number of hydrogen-bond acceptors (Lipinski definition) is 3. The van der Waals surface area contributed by atoms with Crippen LogP contribution in [0, 0.1) is 11.8 Å².